The summed E-state index contributed by atoms with van der Waals surface area (Å²) in [7, 11) is 0. The summed E-state index contributed by atoms with van der Waals surface area (Å²) in [5, 5.41) is 0. The highest BCUT2D eigenvalue weighted by atomic mass is 16.2. The van der Waals surface area contributed by atoms with Crippen LogP contribution in [-0.4, -0.2) is 60.9 Å². The number of anilines is 1. The molecule has 0 aliphatic carbocycles. The highest BCUT2D eigenvalue weighted by Crippen LogP contribution is 2.23. The molecule has 1 fully saturated rings. The van der Waals surface area contributed by atoms with Crippen molar-refractivity contribution in [2.24, 2.45) is 0 Å². The van der Waals surface area contributed by atoms with E-state index in [4.69, 9.17) is 0 Å². The number of amides is 2. The van der Waals surface area contributed by atoms with Gasteiger partial charge >= 0.3 is 11.8 Å². The largest absolute Gasteiger partial charge is 0.368 e. The summed E-state index contributed by atoms with van der Waals surface area (Å²) < 4.78 is 0. The van der Waals surface area contributed by atoms with E-state index in [-0.39, 0.29) is 11.8 Å². The SMILES string of the molecule is CCN(CC)C(=O)C(=O)N1CCN(c2cccc(C)c2C)CC1. The Labute approximate surface area is 138 Å². The lowest BCUT2D eigenvalue weighted by Crippen LogP contribution is -2.53. The lowest BCUT2D eigenvalue weighted by atomic mass is 10.1. The second-order valence-corrected chi connectivity index (χ2v) is 5.98. The first-order valence-corrected chi connectivity index (χ1v) is 8.38. The number of benzene rings is 1. The van der Waals surface area contributed by atoms with Gasteiger partial charge < -0.3 is 14.7 Å². The van der Waals surface area contributed by atoms with Crippen LogP contribution >= 0.6 is 0 Å². The summed E-state index contributed by atoms with van der Waals surface area (Å²) >= 11 is 0. The molecule has 0 atom stereocenters. The van der Waals surface area contributed by atoms with Crippen LogP contribution in [0.5, 0.6) is 0 Å². The van der Waals surface area contributed by atoms with Gasteiger partial charge in [0.1, 0.15) is 0 Å². The summed E-state index contributed by atoms with van der Waals surface area (Å²) in [6.45, 7) is 11.9. The van der Waals surface area contributed by atoms with Gasteiger partial charge in [0, 0.05) is 45.0 Å². The van der Waals surface area contributed by atoms with Gasteiger partial charge in [-0.15, -0.1) is 0 Å². The summed E-state index contributed by atoms with van der Waals surface area (Å²) in [6.07, 6.45) is 0. The first-order chi connectivity index (χ1) is 11.0. The van der Waals surface area contributed by atoms with Crippen LogP contribution in [-0.2, 0) is 9.59 Å². The number of carbonyl (C=O) groups is 2. The van der Waals surface area contributed by atoms with E-state index < -0.39 is 0 Å². The Kier molecular flexibility index (Phi) is 5.64. The van der Waals surface area contributed by atoms with Crippen molar-refractivity contribution < 1.29 is 9.59 Å². The number of hydrogen-bond acceptors (Lipinski definition) is 3. The molecule has 23 heavy (non-hydrogen) atoms. The summed E-state index contributed by atoms with van der Waals surface area (Å²) in [5.41, 5.74) is 3.79. The van der Waals surface area contributed by atoms with E-state index >= 15 is 0 Å². The van der Waals surface area contributed by atoms with E-state index in [0.29, 0.717) is 26.2 Å². The number of likely N-dealkylation sites (N-methyl/N-ethyl adjacent to an activating group) is 1. The highest BCUT2D eigenvalue weighted by molar-refractivity contribution is 6.34. The molecular formula is C18H27N3O2. The average Bonchev–Trinajstić information content (AvgIpc) is 2.58. The van der Waals surface area contributed by atoms with E-state index in [1.807, 2.05) is 13.8 Å². The van der Waals surface area contributed by atoms with Crippen LogP contribution < -0.4 is 4.90 Å². The molecule has 0 spiro atoms. The van der Waals surface area contributed by atoms with E-state index in [9.17, 15) is 9.59 Å². The maximum absolute atomic E-state index is 12.3. The Morgan fingerprint density at radius 2 is 1.65 bits per heavy atom. The van der Waals surface area contributed by atoms with Crippen LogP contribution in [0.3, 0.4) is 0 Å². The molecule has 1 aromatic carbocycles. The third-order valence-corrected chi connectivity index (χ3v) is 4.72. The molecule has 2 rings (SSSR count). The monoisotopic (exact) mass is 317 g/mol. The van der Waals surface area contributed by atoms with Gasteiger partial charge in [-0.1, -0.05) is 12.1 Å². The Hall–Kier alpha value is -2.04. The Morgan fingerprint density at radius 1 is 1.04 bits per heavy atom. The Morgan fingerprint density at radius 3 is 2.22 bits per heavy atom. The Bertz CT molecular complexity index is 574. The third-order valence-electron chi connectivity index (χ3n) is 4.72. The predicted octanol–water partition coefficient (Wildman–Crippen LogP) is 1.82. The maximum atomic E-state index is 12.3. The lowest BCUT2D eigenvalue weighted by Gasteiger charge is -2.37. The fraction of sp³-hybridized carbons (Fsp3) is 0.556. The zero-order valence-corrected chi connectivity index (χ0v) is 14.6. The van der Waals surface area contributed by atoms with Crippen LogP contribution in [0.4, 0.5) is 5.69 Å². The maximum Gasteiger partial charge on any atom is 0.312 e. The molecule has 2 amide bonds. The van der Waals surface area contributed by atoms with Crippen molar-refractivity contribution in [3.63, 3.8) is 0 Å². The van der Waals surface area contributed by atoms with E-state index in [0.717, 1.165) is 13.1 Å². The van der Waals surface area contributed by atoms with Crippen LogP contribution in [0, 0.1) is 13.8 Å². The summed E-state index contributed by atoms with van der Waals surface area (Å²) in [5.74, 6) is -0.746. The van der Waals surface area contributed by atoms with Crippen molar-refractivity contribution in [3.05, 3.63) is 29.3 Å². The van der Waals surface area contributed by atoms with Gasteiger partial charge in [0.15, 0.2) is 0 Å². The third kappa shape index (κ3) is 3.66. The fourth-order valence-corrected chi connectivity index (χ4v) is 3.01. The van der Waals surface area contributed by atoms with E-state index in [1.165, 1.54) is 16.8 Å². The molecule has 1 aliphatic heterocycles. The van der Waals surface area contributed by atoms with Gasteiger partial charge in [0.2, 0.25) is 0 Å². The van der Waals surface area contributed by atoms with Gasteiger partial charge in [0.05, 0.1) is 0 Å². The van der Waals surface area contributed by atoms with Crippen molar-refractivity contribution in [3.8, 4) is 0 Å². The normalized spacial score (nSPS) is 14.8. The minimum absolute atomic E-state index is 0.366. The van der Waals surface area contributed by atoms with Crippen molar-refractivity contribution >= 4 is 17.5 Å². The molecule has 0 aromatic heterocycles. The van der Waals surface area contributed by atoms with Crippen molar-refractivity contribution in [2.75, 3.05) is 44.2 Å². The molecule has 0 N–H and O–H groups in total. The summed E-state index contributed by atoms with van der Waals surface area (Å²) in [4.78, 5) is 30.1. The quantitative estimate of drug-likeness (QED) is 0.799. The molecule has 5 heteroatoms. The molecule has 1 heterocycles. The molecule has 1 saturated heterocycles. The lowest BCUT2D eigenvalue weighted by molar-refractivity contribution is -0.151. The molecule has 0 bridgehead atoms. The van der Waals surface area contributed by atoms with Gasteiger partial charge in [-0.25, -0.2) is 0 Å². The van der Waals surface area contributed by atoms with Crippen molar-refractivity contribution in [1.29, 1.82) is 0 Å². The summed E-state index contributed by atoms with van der Waals surface area (Å²) in [6, 6.07) is 6.31. The fourth-order valence-electron chi connectivity index (χ4n) is 3.01. The van der Waals surface area contributed by atoms with Gasteiger partial charge in [-0.3, -0.25) is 9.59 Å². The van der Waals surface area contributed by atoms with Gasteiger partial charge in [0.25, 0.3) is 0 Å². The highest BCUT2D eigenvalue weighted by Gasteiger charge is 2.28. The molecule has 0 unspecified atom stereocenters. The zero-order chi connectivity index (χ0) is 17.0. The molecule has 1 aliphatic rings. The molecule has 5 nitrogen and oxygen atoms in total. The second kappa shape index (κ2) is 7.49. The topological polar surface area (TPSA) is 43.9 Å². The number of aryl methyl sites for hydroxylation is 1. The van der Waals surface area contributed by atoms with Gasteiger partial charge in [-0.05, 0) is 44.9 Å². The molecule has 1 aromatic rings. The number of rotatable bonds is 3. The van der Waals surface area contributed by atoms with Crippen molar-refractivity contribution in [2.45, 2.75) is 27.7 Å². The molecule has 126 valence electrons. The van der Waals surface area contributed by atoms with Crippen molar-refractivity contribution in [1.82, 2.24) is 9.80 Å². The number of nitrogens with zero attached hydrogens (tertiary/aromatic N) is 3. The zero-order valence-electron chi connectivity index (χ0n) is 14.6. The number of hydrogen-bond donors (Lipinski definition) is 0. The van der Waals surface area contributed by atoms with E-state index in [2.05, 4.69) is 36.9 Å². The minimum Gasteiger partial charge on any atom is -0.368 e. The smallest absolute Gasteiger partial charge is 0.312 e. The van der Waals surface area contributed by atoms with Crippen LogP contribution in [0.25, 0.3) is 0 Å². The molecule has 0 radical (unpaired) electrons. The number of carbonyl (C=O) groups excluding carboxylic acids is 2. The van der Waals surface area contributed by atoms with E-state index in [1.54, 1.807) is 9.80 Å². The Balaban J connectivity index is 2.00. The van der Waals surface area contributed by atoms with Gasteiger partial charge in [-0.2, -0.15) is 0 Å². The first-order valence-electron chi connectivity index (χ1n) is 8.38. The second-order valence-electron chi connectivity index (χ2n) is 5.98. The van der Waals surface area contributed by atoms with Crippen LogP contribution in [0.2, 0.25) is 0 Å². The standard InChI is InChI=1S/C18H27N3O2/c1-5-19(6-2)17(22)18(23)21-12-10-20(11-13-21)16-9-7-8-14(3)15(16)4/h7-9H,5-6,10-13H2,1-4H3. The predicted molar refractivity (Wildman–Crippen MR) is 92.6 cm³/mol. The minimum atomic E-state index is -0.379. The van der Waals surface area contributed by atoms with Crippen LogP contribution in [0.1, 0.15) is 25.0 Å². The molecular weight excluding hydrogens is 290 g/mol. The first kappa shape index (κ1) is 17.3. The number of piperazine rings is 1. The average molecular weight is 317 g/mol. The van der Waals surface area contributed by atoms with Crippen LogP contribution in [0.15, 0.2) is 18.2 Å². The molecule has 0 saturated carbocycles.